The number of carbonyl (C=O) groups excluding carboxylic acids is 1. The molecular weight excluding hydrogens is 415 g/mol. The van der Waals surface area contributed by atoms with Crippen LogP contribution in [0.2, 0.25) is 5.02 Å². The van der Waals surface area contributed by atoms with Crippen LogP contribution >= 0.6 is 34.7 Å². The maximum atomic E-state index is 13.6. The first-order valence-electron chi connectivity index (χ1n) is 8.96. The van der Waals surface area contributed by atoms with Crippen LogP contribution in [0.25, 0.3) is 0 Å². The first kappa shape index (κ1) is 19.4. The van der Waals surface area contributed by atoms with Gasteiger partial charge in [-0.1, -0.05) is 23.7 Å². The molecule has 3 aromatic rings. The van der Waals surface area contributed by atoms with Crippen molar-refractivity contribution in [2.45, 2.75) is 30.2 Å². The zero-order valence-corrected chi connectivity index (χ0v) is 17.3. The Hall–Kier alpha value is -1.89. The molecule has 0 bridgehead atoms. The lowest BCUT2D eigenvalue weighted by atomic mass is 10.0. The van der Waals surface area contributed by atoms with Gasteiger partial charge in [-0.05, 0) is 47.9 Å². The highest BCUT2D eigenvalue weighted by Gasteiger charge is 2.23. The summed E-state index contributed by atoms with van der Waals surface area (Å²) in [4.78, 5) is 18.1. The second-order valence-electron chi connectivity index (χ2n) is 6.66. The van der Waals surface area contributed by atoms with Crippen LogP contribution < -0.4 is 5.32 Å². The van der Waals surface area contributed by atoms with Gasteiger partial charge in [0.2, 0.25) is 5.91 Å². The second kappa shape index (κ2) is 8.64. The minimum absolute atomic E-state index is 0.0910. The maximum Gasteiger partial charge on any atom is 0.226 e. The first-order chi connectivity index (χ1) is 13.6. The van der Waals surface area contributed by atoms with Crippen LogP contribution in [0.4, 0.5) is 4.39 Å². The van der Waals surface area contributed by atoms with E-state index in [2.05, 4.69) is 10.3 Å². The molecule has 2 heterocycles. The standard InChI is InChI=1S/C21H18ClFN2OS2/c22-14-3-1-2-13(8-14)9-21-24-16(12-28-21)11-20(26)25-18-6-7-27-19-5-4-15(23)10-17(18)19/h1-5,8,10,12,18H,6-7,9,11H2,(H,25,26). The van der Waals surface area contributed by atoms with Crippen molar-refractivity contribution in [2.75, 3.05) is 5.75 Å². The van der Waals surface area contributed by atoms with Gasteiger partial charge in [0.1, 0.15) is 5.82 Å². The smallest absolute Gasteiger partial charge is 0.226 e. The molecule has 7 heteroatoms. The zero-order chi connectivity index (χ0) is 19.5. The molecule has 1 aromatic heterocycles. The predicted molar refractivity (Wildman–Crippen MR) is 113 cm³/mol. The fraction of sp³-hybridized carbons (Fsp3) is 0.238. The summed E-state index contributed by atoms with van der Waals surface area (Å²) >= 11 is 9.27. The summed E-state index contributed by atoms with van der Waals surface area (Å²) < 4.78 is 13.6. The lowest BCUT2D eigenvalue weighted by Crippen LogP contribution is -2.32. The number of carbonyl (C=O) groups is 1. The lowest BCUT2D eigenvalue weighted by molar-refractivity contribution is -0.121. The van der Waals surface area contributed by atoms with Crippen LogP contribution in [0.15, 0.2) is 52.7 Å². The molecule has 1 aliphatic rings. The van der Waals surface area contributed by atoms with Crippen LogP contribution in [-0.2, 0) is 17.6 Å². The van der Waals surface area contributed by atoms with Crippen LogP contribution in [0.3, 0.4) is 0 Å². The van der Waals surface area contributed by atoms with E-state index in [0.29, 0.717) is 11.4 Å². The molecule has 0 spiro atoms. The molecule has 0 saturated carbocycles. The molecule has 0 saturated heterocycles. The average Bonchev–Trinajstić information content (AvgIpc) is 3.09. The maximum absolute atomic E-state index is 13.6. The minimum Gasteiger partial charge on any atom is -0.349 e. The van der Waals surface area contributed by atoms with Crippen molar-refractivity contribution in [3.05, 3.63) is 80.5 Å². The monoisotopic (exact) mass is 432 g/mol. The Balaban J connectivity index is 1.39. The molecule has 1 N–H and O–H groups in total. The van der Waals surface area contributed by atoms with Gasteiger partial charge in [-0.15, -0.1) is 23.1 Å². The molecule has 1 amide bonds. The van der Waals surface area contributed by atoms with Gasteiger partial charge in [0.05, 0.1) is 23.2 Å². The molecule has 0 aliphatic carbocycles. The van der Waals surface area contributed by atoms with E-state index >= 15 is 0 Å². The van der Waals surface area contributed by atoms with Crippen molar-refractivity contribution in [3.8, 4) is 0 Å². The number of amides is 1. The molecule has 0 radical (unpaired) electrons. The van der Waals surface area contributed by atoms with E-state index in [1.165, 1.54) is 12.1 Å². The number of hydrogen-bond donors (Lipinski definition) is 1. The average molecular weight is 433 g/mol. The topological polar surface area (TPSA) is 42.0 Å². The second-order valence-corrected chi connectivity index (χ2v) is 9.17. The van der Waals surface area contributed by atoms with Gasteiger partial charge in [-0.25, -0.2) is 9.37 Å². The van der Waals surface area contributed by atoms with Crippen molar-refractivity contribution >= 4 is 40.6 Å². The highest BCUT2D eigenvalue weighted by atomic mass is 35.5. The number of fused-ring (bicyclic) bond motifs is 1. The minimum atomic E-state index is -0.273. The number of aromatic nitrogens is 1. The van der Waals surface area contributed by atoms with E-state index in [4.69, 9.17) is 11.6 Å². The third-order valence-corrected chi connectivity index (χ3v) is 6.79. The number of nitrogens with one attached hydrogen (secondary N) is 1. The van der Waals surface area contributed by atoms with Gasteiger partial charge in [0.25, 0.3) is 0 Å². The molecule has 1 unspecified atom stereocenters. The number of nitrogens with zero attached hydrogens (tertiary/aromatic N) is 1. The summed E-state index contributed by atoms with van der Waals surface area (Å²) in [5, 5.41) is 6.62. The quantitative estimate of drug-likeness (QED) is 0.585. The summed E-state index contributed by atoms with van der Waals surface area (Å²) in [5.41, 5.74) is 2.71. The molecule has 4 rings (SSSR count). The molecular formula is C21H18ClFN2OS2. The molecule has 3 nitrogen and oxygen atoms in total. The van der Waals surface area contributed by atoms with Crippen molar-refractivity contribution < 1.29 is 9.18 Å². The third-order valence-electron chi connectivity index (χ3n) is 4.53. The van der Waals surface area contributed by atoms with E-state index in [1.54, 1.807) is 29.2 Å². The van der Waals surface area contributed by atoms with Crippen molar-refractivity contribution in [1.82, 2.24) is 10.3 Å². The third kappa shape index (κ3) is 4.74. The summed E-state index contributed by atoms with van der Waals surface area (Å²) in [6.07, 6.45) is 1.71. The van der Waals surface area contributed by atoms with Gasteiger partial charge < -0.3 is 5.32 Å². The Morgan fingerprint density at radius 2 is 2.18 bits per heavy atom. The molecule has 0 fully saturated rings. The van der Waals surface area contributed by atoms with Gasteiger partial charge >= 0.3 is 0 Å². The van der Waals surface area contributed by atoms with E-state index < -0.39 is 0 Å². The Bertz CT molecular complexity index is 1010. The van der Waals surface area contributed by atoms with Gasteiger partial charge in [-0.3, -0.25) is 4.79 Å². The number of halogens is 2. The Labute approximate surface area is 176 Å². The fourth-order valence-electron chi connectivity index (χ4n) is 3.26. The number of benzene rings is 2. The van der Waals surface area contributed by atoms with Gasteiger partial charge in [-0.2, -0.15) is 0 Å². The largest absolute Gasteiger partial charge is 0.349 e. The lowest BCUT2D eigenvalue weighted by Gasteiger charge is -2.25. The van der Waals surface area contributed by atoms with Gasteiger partial charge in [0.15, 0.2) is 0 Å². The van der Waals surface area contributed by atoms with E-state index in [1.807, 2.05) is 29.6 Å². The Morgan fingerprint density at radius 3 is 3.04 bits per heavy atom. The number of rotatable bonds is 5. The summed E-state index contributed by atoms with van der Waals surface area (Å²) in [6, 6.07) is 12.3. The highest BCUT2D eigenvalue weighted by molar-refractivity contribution is 7.99. The summed E-state index contributed by atoms with van der Waals surface area (Å²) in [5.74, 6) is 0.543. The van der Waals surface area contributed by atoms with Crippen LogP contribution in [0, 0.1) is 5.82 Å². The van der Waals surface area contributed by atoms with Crippen molar-refractivity contribution in [1.29, 1.82) is 0 Å². The Morgan fingerprint density at radius 1 is 1.29 bits per heavy atom. The predicted octanol–water partition coefficient (Wildman–Crippen LogP) is 5.42. The molecule has 1 aliphatic heterocycles. The van der Waals surface area contributed by atoms with Crippen molar-refractivity contribution in [3.63, 3.8) is 0 Å². The summed E-state index contributed by atoms with van der Waals surface area (Å²) in [6.45, 7) is 0. The molecule has 144 valence electrons. The Kier molecular flexibility index (Phi) is 5.99. The van der Waals surface area contributed by atoms with Crippen LogP contribution in [-0.4, -0.2) is 16.6 Å². The fourth-order valence-corrected chi connectivity index (χ4v) is 5.40. The zero-order valence-electron chi connectivity index (χ0n) is 15.0. The van der Waals surface area contributed by atoms with E-state index in [0.717, 1.165) is 38.9 Å². The van der Waals surface area contributed by atoms with Crippen molar-refractivity contribution in [2.24, 2.45) is 0 Å². The van der Waals surface area contributed by atoms with Gasteiger partial charge in [0, 0.05) is 27.5 Å². The van der Waals surface area contributed by atoms with E-state index in [-0.39, 0.29) is 24.2 Å². The molecule has 2 aromatic carbocycles. The van der Waals surface area contributed by atoms with Crippen LogP contribution in [0.1, 0.15) is 34.3 Å². The summed E-state index contributed by atoms with van der Waals surface area (Å²) in [7, 11) is 0. The van der Waals surface area contributed by atoms with Crippen LogP contribution in [0.5, 0.6) is 0 Å². The SMILES string of the molecule is O=C(Cc1csc(Cc2cccc(Cl)c2)n1)NC1CCSc2ccc(F)cc21. The number of thioether (sulfide) groups is 1. The first-order valence-corrected chi connectivity index (χ1v) is 11.2. The molecule has 28 heavy (non-hydrogen) atoms. The highest BCUT2D eigenvalue weighted by Crippen LogP contribution is 2.36. The number of thiazole rings is 1. The molecule has 1 atom stereocenters. The number of hydrogen-bond acceptors (Lipinski definition) is 4. The normalized spacial score (nSPS) is 15.9. The van der Waals surface area contributed by atoms with E-state index in [9.17, 15) is 9.18 Å².